The van der Waals surface area contributed by atoms with Crippen LogP contribution < -0.4 is 5.32 Å². The van der Waals surface area contributed by atoms with Crippen molar-refractivity contribution in [2.75, 3.05) is 13.1 Å². The van der Waals surface area contributed by atoms with Crippen LogP contribution in [0.4, 0.5) is 4.79 Å². The van der Waals surface area contributed by atoms with Gasteiger partial charge in [0.1, 0.15) is 11.3 Å². The first-order valence-corrected chi connectivity index (χ1v) is 9.57. The summed E-state index contributed by atoms with van der Waals surface area (Å²) >= 11 is 0. The zero-order valence-electron chi connectivity index (χ0n) is 14.9. The van der Waals surface area contributed by atoms with Crippen molar-refractivity contribution in [1.29, 1.82) is 0 Å². The van der Waals surface area contributed by atoms with Crippen LogP contribution in [0.3, 0.4) is 0 Å². The molecule has 0 atom stereocenters. The van der Waals surface area contributed by atoms with E-state index in [1.807, 2.05) is 30.2 Å². The van der Waals surface area contributed by atoms with Crippen molar-refractivity contribution < 1.29 is 4.79 Å². The summed E-state index contributed by atoms with van der Waals surface area (Å²) in [7, 11) is 0. The van der Waals surface area contributed by atoms with Crippen molar-refractivity contribution in [2.45, 2.75) is 64.0 Å². The Morgan fingerprint density at radius 2 is 1.92 bits per heavy atom. The summed E-state index contributed by atoms with van der Waals surface area (Å²) in [5.41, 5.74) is 1.92. The van der Waals surface area contributed by atoms with Gasteiger partial charge < -0.3 is 14.8 Å². The van der Waals surface area contributed by atoms with Gasteiger partial charge in [-0.3, -0.25) is 0 Å². The lowest BCUT2D eigenvalue weighted by atomic mass is 9.95. The molecule has 2 aliphatic rings. The van der Waals surface area contributed by atoms with Crippen LogP contribution >= 0.6 is 0 Å². The summed E-state index contributed by atoms with van der Waals surface area (Å²) in [6, 6.07) is 4.81. The fourth-order valence-corrected chi connectivity index (χ4v) is 4.32. The lowest BCUT2D eigenvalue weighted by molar-refractivity contribution is 0.166. The van der Waals surface area contributed by atoms with E-state index in [2.05, 4.69) is 19.9 Å². The average molecular weight is 341 g/mol. The molecule has 2 amide bonds. The third-order valence-electron chi connectivity index (χ3n) is 5.67. The van der Waals surface area contributed by atoms with Gasteiger partial charge in [0.15, 0.2) is 5.65 Å². The summed E-state index contributed by atoms with van der Waals surface area (Å²) in [5, 5.41) is 3.23. The second-order valence-corrected chi connectivity index (χ2v) is 7.38. The van der Waals surface area contributed by atoms with Gasteiger partial charge in [0.2, 0.25) is 0 Å². The van der Waals surface area contributed by atoms with Crippen LogP contribution in [0.15, 0.2) is 18.3 Å². The summed E-state index contributed by atoms with van der Waals surface area (Å²) < 4.78 is 2.26. The maximum atomic E-state index is 12.5. The van der Waals surface area contributed by atoms with Gasteiger partial charge in [0.25, 0.3) is 0 Å². The van der Waals surface area contributed by atoms with Crippen molar-refractivity contribution in [3.63, 3.8) is 0 Å². The Kier molecular flexibility index (Phi) is 4.59. The number of likely N-dealkylation sites (tertiary alicyclic amines) is 1. The van der Waals surface area contributed by atoms with Gasteiger partial charge in [-0.15, -0.1) is 0 Å². The highest BCUT2D eigenvalue weighted by Crippen LogP contribution is 2.28. The largest absolute Gasteiger partial charge is 0.335 e. The molecule has 1 saturated carbocycles. The Morgan fingerprint density at radius 3 is 2.68 bits per heavy atom. The van der Waals surface area contributed by atoms with Gasteiger partial charge in [-0.1, -0.05) is 19.3 Å². The number of piperidine rings is 1. The molecule has 3 heterocycles. The Morgan fingerprint density at radius 1 is 1.16 bits per heavy atom. The predicted molar refractivity (Wildman–Crippen MR) is 97.5 cm³/mol. The molecular weight excluding hydrogens is 314 g/mol. The van der Waals surface area contributed by atoms with Crippen LogP contribution in [0.5, 0.6) is 0 Å². The molecule has 134 valence electrons. The molecule has 2 aromatic rings. The molecule has 2 aromatic heterocycles. The Bertz CT molecular complexity index is 741. The maximum Gasteiger partial charge on any atom is 0.317 e. The molecule has 0 radical (unpaired) electrons. The number of nitrogens with zero attached hydrogens (tertiary/aromatic N) is 4. The second-order valence-electron chi connectivity index (χ2n) is 7.38. The number of nitrogens with one attached hydrogen (secondary N) is 1. The van der Waals surface area contributed by atoms with E-state index >= 15 is 0 Å². The van der Waals surface area contributed by atoms with E-state index in [-0.39, 0.29) is 6.03 Å². The van der Waals surface area contributed by atoms with E-state index in [9.17, 15) is 4.79 Å². The fraction of sp³-hybridized carbons (Fsp3) is 0.632. The quantitative estimate of drug-likeness (QED) is 0.910. The number of hydrogen-bond acceptors (Lipinski definition) is 3. The number of carbonyl (C=O) groups excluding carboxylic acids is 1. The first-order chi connectivity index (χ1) is 12.2. The van der Waals surface area contributed by atoms with E-state index in [0.29, 0.717) is 12.1 Å². The number of imidazole rings is 1. The number of amides is 2. The van der Waals surface area contributed by atoms with Crippen molar-refractivity contribution in [3.8, 4) is 0 Å². The van der Waals surface area contributed by atoms with Gasteiger partial charge in [-0.25, -0.2) is 14.8 Å². The lowest BCUT2D eigenvalue weighted by Gasteiger charge is -2.34. The molecule has 1 aliphatic heterocycles. The smallest absolute Gasteiger partial charge is 0.317 e. The van der Waals surface area contributed by atoms with Gasteiger partial charge in [0.05, 0.1) is 0 Å². The summed E-state index contributed by atoms with van der Waals surface area (Å²) in [6.07, 6.45) is 9.81. The standard InChI is InChI=1S/C19H27N5O/c1-14-21-17-8-5-11-20-18(17)24(14)16-9-12-23(13-10-16)19(25)22-15-6-3-2-4-7-15/h5,8,11,15-16H,2-4,6-7,9-10,12-13H2,1H3,(H,22,25). The Balaban J connectivity index is 1.39. The zero-order valence-corrected chi connectivity index (χ0v) is 14.9. The third kappa shape index (κ3) is 3.34. The number of hydrogen-bond donors (Lipinski definition) is 1. The third-order valence-corrected chi connectivity index (χ3v) is 5.67. The topological polar surface area (TPSA) is 63.1 Å². The minimum absolute atomic E-state index is 0.121. The van der Waals surface area contributed by atoms with Crippen molar-refractivity contribution in [3.05, 3.63) is 24.2 Å². The van der Waals surface area contributed by atoms with Crippen LogP contribution in [-0.2, 0) is 0 Å². The summed E-state index contributed by atoms with van der Waals surface area (Å²) in [6.45, 7) is 3.65. The first kappa shape index (κ1) is 16.4. The van der Waals surface area contributed by atoms with Gasteiger partial charge >= 0.3 is 6.03 Å². The fourth-order valence-electron chi connectivity index (χ4n) is 4.32. The number of aromatic nitrogens is 3. The highest BCUT2D eigenvalue weighted by atomic mass is 16.2. The normalized spacial score (nSPS) is 20.1. The highest BCUT2D eigenvalue weighted by molar-refractivity contribution is 5.74. The molecule has 6 nitrogen and oxygen atoms in total. The molecule has 0 spiro atoms. The van der Waals surface area contributed by atoms with E-state index in [1.165, 1.54) is 19.3 Å². The minimum Gasteiger partial charge on any atom is -0.335 e. The number of carbonyl (C=O) groups is 1. The molecule has 0 bridgehead atoms. The van der Waals surface area contributed by atoms with Crippen LogP contribution in [0.25, 0.3) is 11.2 Å². The first-order valence-electron chi connectivity index (χ1n) is 9.57. The molecule has 4 rings (SSSR count). The van der Waals surface area contributed by atoms with Crippen molar-refractivity contribution in [1.82, 2.24) is 24.8 Å². The van der Waals surface area contributed by atoms with Gasteiger partial charge in [0, 0.05) is 31.4 Å². The molecule has 0 aromatic carbocycles. The van der Waals surface area contributed by atoms with Crippen LogP contribution in [-0.4, -0.2) is 44.6 Å². The Labute approximate surface area is 148 Å². The van der Waals surface area contributed by atoms with Gasteiger partial charge in [-0.2, -0.15) is 0 Å². The SMILES string of the molecule is Cc1nc2cccnc2n1C1CCN(C(=O)NC2CCCCC2)CC1. The molecule has 0 unspecified atom stereocenters. The summed E-state index contributed by atoms with van der Waals surface area (Å²) in [4.78, 5) is 23.6. The number of urea groups is 1. The van der Waals surface area contributed by atoms with Crippen LogP contribution in [0, 0.1) is 6.92 Å². The number of rotatable bonds is 2. The van der Waals surface area contributed by atoms with E-state index < -0.39 is 0 Å². The molecule has 1 N–H and O–H groups in total. The van der Waals surface area contributed by atoms with Crippen LogP contribution in [0.2, 0.25) is 0 Å². The monoisotopic (exact) mass is 341 g/mol. The summed E-state index contributed by atoms with van der Waals surface area (Å²) in [5.74, 6) is 1.01. The number of aryl methyl sites for hydroxylation is 1. The molecule has 2 fully saturated rings. The van der Waals surface area contributed by atoms with Gasteiger partial charge in [-0.05, 0) is 44.7 Å². The molecule has 6 heteroatoms. The molecule has 25 heavy (non-hydrogen) atoms. The highest BCUT2D eigenvalue weighted by Gasteiger charge is 2.27. The van der Waals surface area contributed by atoms with E-state index in [0.717, 1.165) is 55.8 Å². The molecule has 1 saturated heterocycles. The zero-order chi connectivity index (χ0) is 17.2. The average Bonchev–Trinajstić information content (AvgIpc) is 2.98. The number of fused-ring (bicyclic) bond motifs is 1. The van der Waals surface area contributed by atoms with Crippen molar-refractivity contribution >= 4 is 17.2 Å². The predicted octanol–water partition coefficient (Wildman–Crippen LogP) is 3.42. The van der Waals surface area contributed by atoms with Crippen molar-refractivity contribution in [2.24, 2.45) is 0 Å². The van der Waals surface area contributed by atoms with E-state index in [4.69, 9.17) is 0 Å². The number of pyridine rings is 1. The lowest BCUT2D eigenvalue weighted by Crippen LogP contribution is -2.48. The maximum absolute atomic E-state index is 12.5. The van der Waals surface area contributed by atoms with Crippen LogP contribution in [0.1, 0.15) is 56.8 Å². The molecular formula is C19H27N5O. The Hall–Kier alpha value is -2.11. The second kappa shape index (κ2) is 7.02. The molecule has 1 aliphatic carbocycles. The minimum atomic E-state index is 0.121. The van der Waals surface area contributed by atoms with E-state index in [1.54, 1.807) is 0 Å².